The van der Waals surface area contributed by atoms with Crippen molar-refractivity contribution in [3.63, 3.8) is 0 Å². The molecule has 0 aromatic heterocycles. The lowest BCUT2D eigenvalue weighted by Gasteiger charge is -2.28. The van der Waals surface area contributed by atoms with Crippen LogP contribution >= 0.6 is 0 Å². The van der Waals surface area contributed by atoms with E-state index in [2.05, 4.69) is 32.0 Å². The fourth-order valence-electron chi connectivity index (χ4n) is 2.78. The zero-order valence-corrected chi connectivity index (χ0v) is 11.9. The van der Waals surface area contributed by atoms with Gasteiger partial charge in [-0.05, 0) is 36.8 Å². The van der Waals surface area contributed by atoms with E-state index in [1.807, 2.05) is 11.0 Å². The first-order valence-electron chi connectivity index (χ1n) is 7.24. The molecule has 19 heavy (non-hydrogen) atoms. The van der Waals surface area contributed by atoms with Gasteiger partial charge < -0.3 is 10.6 Å². The highest BCUT2D eigenvalue weighted by atomic mass is 16.2. The van der Waals surface area contributed by atoms with Crippen molar-refractivity contribution in [2.45, 2.75) is 33.1 Å². The van der Waals surface area contributed by atoms with Crippen molar-refractivity contribution in [1.82, 2.24) is 0 Å². The Labute approximate surface area is 115 Å². The van der Waals surface area contributed by atoms with Crippen LogP contribution in [0.2, 0.25) is 0 Å². The minimum absolute atomic E-state index is 0.0776. The number of carbonyl (C=O) groups excluding carboxylic acids is 1. The lowest BCUT2D eigenvalue weighted by molar-refractivity contribution is -0.123. The Balaban J connectivity index is 2.31. The van der Waals surface area contributed by atoms with Crippen molar-refractivity contribution in [2.24, 2.45) is 17.6 Å². The molecule has 1 amide bonds. The first-order chi connectivity index (χ1) is 9.15. The van der Waals surface area contributed by atoms with Gasteiger partial charge in [0, 0.05) is 18.8 Å². The monoisotopic (exact) mass is 260 g/mol. The lowest BCUT2D eigenvalue weighted by atomic mass is 9.94. The number of hydrogen-bond acceptors (Lipinski definition) is 2. The molecule has 0 radical (unpaired) electrons. The van der Waals surface area contributed by atoms with Crippen LogP contribution in [0.5, 0.6) is 0 Å². The maximum Gasteiger partial charge on any atom is 0.231 e. The number of nitrogens with zero attached hydrogens (tertiary/aromatic N) is 1. The smallest absolute Gasteiger partial charge is 0.231 e. The van der Waals surface area contributed by atoms with E-state index < -0.39 is 0 Å². The average molecular weight is 260 g/mol. The fraction of sp³-hybridized carbons (Fsp3) is 0.562. The number of hydrogen-bond donors (Lipinski definition) is 1. The molecule has 104 valence electrons. The molecule has 1 aromatic rings. The summed E-state index contributed by atoms with van der Waals surface area (Å²) in [6.07, 6.45) is 3.28. The minimum atomic E-state index is -0.0776. The lowest BCUT2D eigenvalue weighted by Crippen LogP contribution is -2.42. The second-order valence-electron chi connectivity index (χ2n) is 5.66. The largest absolute Gasteiger partial charge is 0.330 e. The normalized spacial score (nSPS) is 16.9. The van der Waals surface area contributed by atoms with Crippen LogP contribution in [-0.4, -0.2) is 19.0 Å². The van der Waals surface area contributed by atoms with Crippen molar-refractivity contribution in [1.29, 1.82) is 0 Å². The fourth-order valence-corrected chi connectivity index (χ4v) is 2.78. The summed E-state index contributed by atoms with van der Waals surface area (Å²) < 4.78 is 0. The highest BCUT2D eigenvalue weighted by Crippen LogP contribution is 2.28. The maximum atomic E-state index is 12.7. The number of carbonyl (C=O) groups is 1. The van der Waals surface area contributed by atoms with Gasteiger partial charge in [-0.3, -0.25) is 4.79 Å². The number of para-hydroxylation sites is 1. The topological polar surface area (TPSA) is 46.3 Å². The first-order valence-corrected chi connectivity index (χ1v) is 7.24. The summed E-state index contributed by atoms with van der Waals surface area (Å²) in [6, 6.07) is 8.26. The molecule has 1 atom stereocenters. The van der Waals surface area contributed by atoms with Gasteiger partial charge >= 0.3 is 0 Å². The van der Waals surface area contributed by atoms with E-state index in [9.17, 15) is 4.79 Å². The van der Waals surface area contributed by atoms with E-state index in [1.54, 1.807) is 0 Å². The van der Waals surface area contributed by atoms with E-state index in [1.165, 1.54) is 5.56 Å². The standard InChI is InChI=1S/C16H24N2O/c1-12(2)14(11-17)16(19)18-10-6-5-8-13-7-3-4-9-15(13)18/h3-4,7,9,12,14H,5-6,8,10-11,17H2,1-2H3. The quantitative estimate of drug-likeness (QED) is 0.908. The van der Waals surface area contributed by atoms with Gasteiger partial charge in [0.2, 0.25) is 5.91 Å². The molecule has 2 N–H and O–H groups in total. The van der Waals surface area contributed by atoms with Gasteiger partial charge in [0.25, 0.3) is 0 Å². The molecule has 0 spiro atoms. The molecule has 2 rings (SSSR count). The van der Waals surface area contributed by atoms with Crippen LogP contribution in [0.3, 0.4) is 0 Å². The summed E-state index contributed by atoms with van der Waals surface area (Å²) in [6.45, 7) is 5.38. The van der Waals surface area contributed by atoms with Gasteiger partial charge in [-0.2, -0.15) is 0 Å². The average Bonchev–Trinajstić information content (AvgIpc) is 2.61. The van der Waals surface area contributed by atoms with Crippen molar-refractivity contribution >= 4 is 11.6 Å². The van der Waals surface area contributed by atoms with Crippen LogP contribution in [-0.2, 0) is 11.2 Å². The van der Waals surface area contributed by atoms with Gasteiger partial charge in [-0.15, -0.1) is 0 Å². The predicted octanol–water partition coefficient (Wildman–Crippen LogP) is 2.59. The summed E-state index contributed by atoms with van der Waals surface area (Å²) >= 11 is 0. The third kappa shape index (κ3) is 2.98. The molecule has 1 unspecified atom stereocenters. The number of nitrogens with two attached hydrogens (primary N) is 1. The van der Waals surface area contributed by atoms with Crippen LogP contribution in [0, 0.1) is 11.8 Å². The summed E-state index contributed by atoms with van der Waals surface area (Å²) in [5.74, 6) is 0.394. The Kier molecular flexibility index (Phi) is 4.59. The molecule has 3 nitrogen and oxygen atoms in total. The Morgan fingerprint density at radius 2 is 2.05 bits per heavy atom. The Bertz CT molecular complexity index is 442. The Morgan fingerprint density at radius 1 is 1.32 bits per heavy atom. The van der Waals surface area contributed by atoms with E-state index in [0.29, 0.717) is 6.54 Å². The van der Waals surface area contributed by atoms with Gasteiger partial charge in [0.05, 0.1) is 5.92 Å². The summed E-state index contributed by atoms with van der Waals surface area (Å²) in [5.41, 5.74) is 8.17. The molecule has 1 aliphatic rings. The van der Waals surface area contributed by atoms with Crippen molar-refractivity contribution in [3.05, 3.63) is 29.8 Å². The van der Waals surface area contributed by atoms with Crippen LogP contribution in [0.15, 0.2) is 24.3 Å². The summed E-state index contributed by atoms with van der Waals surface area (Å²) in [5, 5.41) is 0. The predicted molar refractivity (Wildman–Crippen MR) is 79.1 cm³/mol. The third-order valence-electron chi connectivity index (χ3n) is 4.00. The van der Waals surface area contributed by atoms with E-state index in [4.69, 9.17) is 5.73 Å². The summed E-state index contributed by atoms with van der Waals surface area (Å²) in [4.78, 5) is 14.7. The number of rotatable bonds is 3. The summed E-state index contributed by atoms with van der Waals surface area (Å²) in [7, 11) is 0. The molecule has 0 bridgehead atoms. The van der Waals surface area contributed by atoms with E-state index >= 15 is 0 Å². The van der Waals surface area contributed by atoms with Crippen molar-refractivity contribution in [2.75, 3.05) is 18.0 Å². The van der Waals surface area contributed by atoms with Gasteiger partial charge in [-0.25, -0.2) is 0 Å². The Hall–Kier alpha value is -1.35. The van der Waals surface area contributed by atoms with Crippen molar-refractivity contribution in [3.8, 4) is 0 Å². The van der Waals surface area contributed by atoms with Gasteiger partial charge in [-0.1, -0.05) is 32.0 Å². The van der Waals surface area contributed by atoms with Crippen LogP contribution < -0.4 is 10.6 Å². The zero-order valence-electron chi connectivity index (χ0n) is 11.9. The van der Waals surface area contributed by atoms with Gasteiger partial charge in [0.15, 0.2) is 0 Å². The SMILES string of the molecule is CC(C)C(CN)C(=O)N1CCCCc2ccccc21. The number of aryl methyl sites for hydroxylation is 1. The van der Waals surface area contributed by atoms with Crippen LogP contribution in [0.4, 0.5) is 5.69 Å². The number of amides is 1. The molecule has 0 aliphatic carbocycles. The molecule has 1 aliphatic heterocycles. The first kappa shape index (κ1) is 14.1. The third-order valence-corrected chi connectivity index (χ3v) is 4.00. The van der Waals surface area contributed by atoms with Crippen LogP contribution in [0.25, 0.3) is 0 Å². The Morgan fingerprint density at radius 3 is 2.74 bits per heavy atom. The highest BCUT2D eigenvalue weighted by molar-refractivity contribution is 5.96. The van der Waals surface area contributed by atoms with E-state index in [0.717, 1.165) is 31.5 Å². The van der Waals surface area contributed by atoms with E-state index in [-0.39, 0.29) is 17.7 Å². The molecule has 0 saturated carbocycles. The molecule has 0 saturated heterocycles. The molecule has 1 heterocycles. The molecule has 0 fully saturated rings. The zero-order chi connectivity index (χ0) is 13.8. The molecule has 1 aromatic carbocycles. The van der Waals surface area contributed by atoms with Gasteiger partial charge in [0.1, 0.15) is 0 Å². The second kappa shape index (κ2) is 6.20. The van der Waals surface area contributed by atoms with Crippen molar-refractivity contribution < 1.29 is 4.79 Å². The molecular formula is C16H24N2O. The second-order valence-corrected chi connectivity index (χ2v) is 5.66. The minimum Gasteiger partial charge on any atom is -0.330 e. The number of anilines is 1. The number of benzene rings is 1. The highest BCUT2D eigenvalue weighted by Gasteiger charge is 2.28. The molecule has 3 heteroatoms. The molecular weight excluding hydrogens is 236 g/mol. The van der Waals surface area contributed by atoms with Crippen LogP contribution in [0.1, 0.15) is 32.3 Å². The number of fused-ring (bicyclic) bond motifs is 1. The maximum absolute atomic E-state index is 12.7.